The fraction of sp³-hybridized carbons (Fsp3) is 0.211. The van der Waals surface area contributed by atoms with E-state index in [-0.39, 0.29) is 17.9 Å². The minimum Gasteiger partial charge on any atom is -0.287 e. The molecular formula is C19H18ClN3O3. The number of rotatable bonds is 5. The Bertz CT molecular complexity index is 851. The molecule has 1 saturated heterocycles. The topological polar surface area (TPSA) is 78.5 Å². The number of carbonyl (C=O) groups is 3. The molecular weight excluding hydrogens is 354 g/mol. The molecule has 0 radical (unpaired) electrons. The molecule has 0 bridgehead atoms. The first kappa shape index (κ1) is 18.1. The van der Waals surface area contributed by atoms with Gasteiger partial charge in [0.15, 0.2) is 0 Å². The molecule has 1 aliphatic rings. The zero-order chi connectivity index (χ0) is 18.7. The van der Waals surface area contributed by atoms with Gasteiger partial charge in [-0.25, -0.2) is 10.3 Å². The Kier molecular flexibility index (Phi) is 5.35. The molecule has 134 valence electrons. The van der Waals surface area contributed by atoms with Gasteiger partial charge >= 0.3 is 0 Å². The zero-order valence-corrected chi connectivity index (χ0v) is 14.9. The van der Waals surface area contributed by atoms with Crippen LogP contribution in [0.4, 0.5) is 5.69 Å². The average molecular weight is 372 g/mol. The van der Waals surface area contributed by atoms with Crippen molar-refractivity contribution >= 4 is 35.0 Å². The van der Waals surface area contributed by atoms with Crippen LogP contribution in [0.2, 0.25) is 5.02 Å². The Hall–Kier alpha value is -2.70. The van der Waals surface area contributed by atoms with Crippen molar-refractivity contribution in [3.05, 3.63) is 64.7 Å². The Morgan fingerprint density at radius 1 is 1.15 bits per heavy atom. The number of hydrogen-bond donors (Lipinski definition) is 2. The van der Waals surface area contributed by atoms with E-state index in [1.165, 1.54) is 0 Å². The maximum Gasteiger partial charge on any atom is 0.266 e. The van der Waals surface area contributed by atoms with Crippen LogP contribution in [0.15, 0.2) is 48.5 Å². The molecule has 1 atom stereocenters. The van der Waals surface area contributed by atoms with Crippen molar-refractivity contribution in [1.82, 2.24) is 10.9 Å². The van der Waals surface area contributed by atoms with Gasteiger partial charge in [0.1, 0.15) is 6.04 Å². The van der Waals surface area contributed by atoms with Crippen molar-refractivity contribution in [2.75, 3.05) is 4.90 Å². The van der Waals surface area contributed by atoms with Crippen LogP contribution in [0.3, 0.4) is 0 Å². The number of halogens is 1. The molecule has 0 saturated carbocycles. The van der Waals surface area contributed by atoms with Gasteiger partial charge in [-0.1, -0.05) is 42.8 Å². The SMILES string of the molecule is CCc1ccc(N2C(=O)C[C@H](NNC(=O)c3ccccc3Cl)C2=O)cc1. The maximum atomic E-state index is 12.6. The summed E-state index contributed by atoms with van der Waals surface area (Å²) in [5.74, 6) is -1.19. The number of amides is 3. The molecule has 7 heteroatoms. The molecule has 0 aromatic heterocycles. The molecule has 2 aromatic rings. The van der Waals surface area contributed by atoms with Crippen LogP contribution < -0.4 is 15.8 Å². The van der Waals surface area contributed by atoms with Crippen LogP contribution in [0.5, 0.6) is 0 Å². The largest absolute Gasteiger partial charge is 0.287 e. The number of carbonyl (C=O) groups excluding carboxylic acids is 3. The van der Waals surface area contributed by atoms with Crippen LogP contribution in [0.1, 0.15) is 29.3 Å². The Balaban J connectivity index is 1.67. The van der Waals surface area contributed by atoms with Gasteiger partial charge in [0, 0.05) is 0 Å². The monoisotopic (exact) mass is 371 g/mol. The van der Waals surface area contributed by atoms with Crippen LogP contribution in [0, 0.1) is 0 Å². The van der Waals surface area contributed by atoms with Gasteiger partial charge in [0.05, 0.1) is 22.7 Å². The van der Waals surface area contributed by atoms with Crippen LogP contribution >= 0.6 is 11.6 Å². The lowest BCUT2D eigenvalue weighted by atomic mass is 10.1. The van der Waals surface area contributed by atoms with E-state index < -0.39 is 17.9 Å². The summed E-state index contributed by atoms with van der Waals surface area (Å²) in [4.78, 5) is 38.1. The summed E-state index contributed by atoms with van der Waals surface area (Å²) >= 11 is 5.98. The van der Waals surface area contributed by atoms with E-state index in [0.717, 1.165) is 16.9 Å². The van der Waals surface area contributed by atoms with Gasteiger partial charge in [-0.3, -0.25) is 19.8 Å². The second kappa shape index (κ2) is 7.68. The molecule has 0 spiro atoms. The molecule has 1 heterocycles. The smallest absolute Gasteiger partial charge is 0.266 e. The molecule has 0 unspecified atom stereocenters. The molecule has 6 nitrogen and oxygen atoms in total. The van der Waals surface area contributed by atoms with Crippen molar-refractivity contribution in [3.8, 4) is 0 Å². The first-order valence-corrected chi connectivity index (χ1v) is 8.65. The van der Waals surface area contributed by atoms with Crippen LogP contribution in [-0.2, 0) is 16.0 Å². The fourth-order valence-electron chi connectivity index (χ4n) is 2.76. The fourth-order valence-corrected chi connectivity index (χ4v) is 2.98. The van der Waals surface area contributed by atoms with Crippen molar-refractivity contribution in [2.45, 2.75) is 25.8 Å². The third-order valence-electron chi connectivity index (χ3n) is 4.23. The molecule has 2 N–H and O–H groups in total. The molecule has 3 rings (SSSR count). The van der Waals surface area contributed by atoms with Crippen LogP contribution in [0.25, 0.3) is 0 Å². The van der Waals surface area contributed by atoms with Gasteiger partial charge in [-0.15, -0.1) is 0 Å². The number of nitrogens with zero attached hydrogens (tertiary/aromatic N) is 1. The predicted molar refractivity (Wildman–Crippen MR) is 98.8 cm³/mol. The number of hydrogen-bond acceptors (Lipinski definition) is 4. The maximum absolute atomic E-state index is 12.6. The summed E-state index contributed by atoms with van der Waals surface area (Å²) in [6.45, 7) is 2.03. The number of imide groups is 1. The molecule has 1 aliphatic heterocycles. The second-order valence-corrected chi connectivity index (χ2v) is 6.33. The Labute approximate surface area is 156 Å². The quantitative estimate of drug-likeness (QED) is 0.625. The lowest BCUT2D eigenvalue weighted by Crippen LogP contribution is -2.48. The minimum absolute atomic E-state index is 0.0306. The third kappa shape index (κ3) is 3.61. The summed E-state index contributed by atoms with van der Waals surface area (Å²) < 4.78 is 0. The molecule has 26 heavy (non-hydrogen) atoms. The number of nitrogens with one attached hydrogen (secondary N) is 2. The van der Waals surface area contributed by atoms with Gasteiger partial charge in [0.25, 0.3) is 11.8 Å². The molecule has 1 fully saturated rings. The van der Waals surface area contributed by atoms with Gasteiger partial charge in [0.2, 0.25) is 5.91 Å². The summed E-state index contributed by atoms with van der Waals surface area (Å²) in [6, 6.07) is 13.0. The van der Waals surface area contributed by atoms with E-state index in [4.69, 9.17) is 11.6 Å². The normalized spacial score (nSPS) is 16.8. The highest BCUT2D eigenvalue weighted by Crippen LogP contribution is 2.23. The minimum atomic E-state index is -0.820. The van der Waals surface area contributed by atoms with Crippen molar-refractivity contribution in [2.24, 2.45) is 0 Å². The van der Waals surface area contributed by atoms with E-state index in [2.05, 4.69) is 10.9 Å². The third-order valence-corrected chi connectivity index (χ3v) is 4.56. The lowest BCUT2D eigenvalue weighted by Gasteiger charge is -2.16. The van der Waals surface area contributed by atoms with Crippen LogP contribution in [-0.4, -0.2) is 23.8 Å². The van der Waals surface area contributed by atoms with Crippen molar-refractivity contribution in [1.29, 1.82) is 0 Å². The first-order chi connectivity index (χ1) is 12.5. The summed E-state index contributed by atoms with van der Waals surface area (Å²) in [7, 11) is 0. The van der Waals surface area contributed by atoms with Gasteiger partial charge < -0.3 is 0 Å². The summed E-state index contributed by atoms with van der Waals surface area (Å²) in [6.07, 6.45) is 0.845. The van der Waals surface area contributed by atoms with Crippen molar-refractivity contribution < 1.29 is 14.4 Å². The highest BCUT2D eigenvalue weighted by atomic mass is 35.5. The number of hydrazine groups is 1. The predicted octanol–water partition coefficient (Wildman–Crippen LogP) is 2.47. The summed E-state index contributed by atoms with van der Waals surface area (Å²) in [5, 5.41) is 0.304. The lowest BCUT2D eigenvalue weighted by molar-refractivity contribution is -0.121. The Morgan fingerprint density at radius 2 is 1.85 bits per heavy atom. The number of anilines is 1. The highest BCUT2D eigenvalue weighted by Gasteiger charge is 2.39. The number of benzene rings is 2. The van der Waals surface area contributed by atoms with E-state index in [1.54, 1.807) is 36.4 Å². The molecule has 0 aliphatic carbocycles. The summed E-state index contributed by atoms with van der Waals surface area (Å²) in [5.41, 5.74) is 7.02. The standard InChI is InChI=1S/C19H18ClN3O3/c1-2-12-7-9-13(10-8-12)23-17(24)11-16(19(23)26)21-22-18(25)14-5-3-4-6-15(14)20/h3-10,16,21H,2,11H2,1H3,(H,22,25)/t16-/m0/s1. The van der Waals surface area contributed by atoms with E-state index in [9.17, 15) is 14.4 Å². The molecule has 2 aromatic carbocycles. The molecule has 3 amide bonds. The second-order valence-electron chi connectivity index (χ2n) is 5.92. The Morgan fingerprint density at radius 3 is 2.50 bits per heavy atom. The van der Waals surface area contributed by atoms with Gasteiger partial charge in [-0.2, -0.15) is 0 Å². The average Bonchev–Trinajstić information content (AvgIpc) is 2.93. The first-order valence-electron chi connectivity index (χ1n) is 8.27. The van der Waals surface area contributed by atoms with Crippen molar-refractivity contribution in [3.63, 3.8) is 0 Å². The van der Waals surface area contributed by atoms with E-state index in [0.29, 0.717) is 10.7 Å². The highest BCUT2D eigenvalue weighted by molar-refractivity contribution is 6.33. The van der Waals surface area contributed by atoms with E-state index in [1.807, 2.05) is 19.1 Å². The zero-order valence-electron chi connectivity index (χ0n) is 14.2. The van der Waals surface area contributed by atoms with Gasteiger partial charge in [-0.05, 0) is 36.2 Å². The van der Waals surface area contributed by atoms with E-state index >= 15 is 0 Å². The number of aryl methyl sites for hydroxylation is 1.